The number of hydrogen-bond donors (Lipinski definition) is 2. The molecule has 0 spiro atoms. The van der Waals surface area contributed by atoms with E-state index >= 15 is 0 Å². The lowest BCUT2D eigenvalue weighted by Gasteiger charge is -2.31. The molecule has 1 amide bonds. The van der Waals surface area contributed by atoms with Crippen molar-refractivity contribution in [2.45, 2.75) is 52.5 Å². The molecule has 12 nitrogen and oxygen atoms in total. The molecule has 0 aliphatic rings. The van der Waals surface area contributed by atoms with Crippen molar-refractivity contribution in [3.63, 3.8) is 0 Å². The van der Waals surface area contributed by atoms with Crippen LogP contribution in [0, 0.1) is 0 Å². The number of nitrogens with zero attached hydrogens (tertiary/aromatic N) is 8. The molecule has 0 fully saturated rings. The molecule has 1 atom stereocenters. The summed E-state index contributed by atoms with van der Waals surface area (Å²) in [4.78, 5) is 37.4. The van der Waals surface area contributed by atoms with Crippen molar-refractivity contribution in [3.05, 3.63) is 66.0 Å². The largest absolute Gasteiger partial charge is 0.383 e. The number of nitrogens with two attached hydrogens (primary N) is 1. The molecule has 0 aromatic carbocycles. The Morgan fingerprint density at radius 2 is 1.95 bits per heavy atom. The van der Waals surface area contributed by atoms with Crippen molar-refractivity contribution in [1.82, 2.24) is 44.5 Å². The van der Waals surface area contributed by atoms with Gasteiger partial charge in [0.25, 0.3) is 5.91 Å². The molecule has 0 saturated heterocycles. The van der Waals surface area contributed by atoms with E-state index in [0.29, 0.717) is 42.0 Å². The summed E-state index contributed by atoms with van der Waals surface area (Å²) in [7, 11) is 1.86. The van der Waals surface area contributed by atoms with Crippen LogP contribution >= 0.6 is 0 Å². The molecular weight excluding hydrogens is 520 g/mol. The minimum absolute atomic E-state index is 0.0578. The summed E-state index contributed by atoms with van der Waals surface area (Å²) in [5.41, 5.74) is 11.6. The molecule has 5 aromatic heterocycles. The van der Waals surface area contributed by atoms with Gasteiger partial charge in [0.1, 0.15) is 17.2 Å². The summed E-state index contributed by atoms with van der Waals surface area (Å²) in [5.74, 6) is -0.0308. The smallest absolute Gasteiger partial charge is 0.272 e. The molecule has 5 aromatic rings. The van der Waals surface area contributed by atoms with Gasteiger partial charge in [0, 0.05) is 49.4 Å². The number of carbonyl (C=O) groups is 2. The SMILES string of the molecule is CCCN(C(=O)c1ccn[nH]1)[C@H](CC)CCc1nc2c(-c3ccc(-c4ccn(C)n4)nc3)cnn2c(N)c1C(C)=O. The van der Waals surface area contributed by atoms with Gasteiger partial charge in [-0.1, -0.05) is 19.9 Å². The predicted octanol–water partition coefficient (Wildman–Crippen LogP) is 3.96. The minimum Gasteiger partial charge on any atom is -0.383 e. The van der Waals surface area contributed by atoms with E-state index in [4.69, 9.17) is 10.7 Å². The number of ketones is 1. The first-order valence-corrected chi connectivity index (χ1v) is 13.8. The topological polar surface area (TPSA) is 153 Å². The molecular formula is C29H34N10O2. The van der Waals surface area contributed by atoms with E-state index in [1.807, 2.05) is 43.3 Å². The summed E-state index contributed by atoms with van der Waals surface area (Å²) >= 11 is 0. The Morgan fingerprint density at radius 3 is 2.56 bits per heavy atom. The fourth-order valence-electron chi connectivity index (χ4n) is 5.19. The van der Waals surface area contributed by atoms with Gasteiger partial charge in [0.15, 0.2) is 11.4 Å². The van der Waals surface area contributed by atoms with Crippen LogP contribution < -0.4 is 5.73 Å². The van der Waals surface area contributed by atoms with E-state index in [1.54, 1.807) is 29.3 Å². The van der Waals surface area contributed by atoms with Crippen LogP contribution in [0.3, 0.4) is 0 Å². The van der Waals surface area contributed by atoms with E-state index in [2.05, 4.69) is 32.3 Å². The predicted molar refractivity (Wildman–Crippen MR) is 155 cm³/mol. The first kappa shape index (κ1) is 27.7. The van der Waals surface area contributed by atoms with Crippen LogP contribution in [0.1, 0.15) is 66.6 Å². The summed E-state index contributed by atoms with van der Waals surface area (Å²) in [5, 5.41) is 15.6. The number of pyridine rings is 1. The van der Waals surface area contributed by atoms with E-state index < -0.39 is 0 Å². The molecule has 0 bridgehead atoms. The number of nitrogens with one attached hydrogen (secondary N) is 1. The fraction of sp³-hybridized carbons (Fsp3) is 0.345. The molecule has 3 N–H and O–H groups in total. The van der Waals surface area contributed by atoms with Crippen molar-refractivity contribution in [1.29, 1.82) is 0 Å². The standard InChI is InChI=1S/C29H34N10O2/c1-5-14-38(29(41)25-11-13-32-35-25)20(6-2)8-10-24-26(18(3)40)27(30)39-28(34-24)21(17-33-39)19-7-9-22(31-16-19)23-12-15-37(4)36-23/h7,9,11-13,15-17,20H,5-6,8,10,14,30H2,1-4H3,(H,32,35)/t20-/m1/s1. The second-order valence-corrected chi connectivity index (χ2v) is 10.0. The average molecular weight is 555 g/mol. The normalized spacial score (nSPS) is 12.1. The summed E-state index contributed by atoms with van der Waals surface area (Å²) < 4.78 is 3.24. The third-order valence-electron chi connectivity index (χ3n) is 7.24. The Balaban J connectivity index is 1.47. The molecule has 0 aliphatic carbocycles. The van der Waals surface area contributed by atoms with Crippen LogP contribution in [0.5, 0.6) is 0 Å². The molecule has 0 radical (unpaired) electrons. The molecule has 41 heavy (non-hydrogen) atoms. The lowest BCUT2D eigenvalue weighted by Crippen LogP contribution is -2.41. The first-order chi connectivity index (χ1) is 19.8. The highest BCUT2D eigenvalue weighted by Gasteiger charge is 2.26. The number of aromatic amines is 1. The lowest BCUT2D eigenvalue weighted by molar-refractivity contribution is 0.0656. The average Bonchev–Trinajstić information content (AvgIpc) is 3.74. The van der Waals surface area contributed by atoms with Crippen molar-refractivity contribution in [2.75, 3.05) is 12.3 Å². The van der Waals surface area contributed by atoms with Crippen LogP contribution in [-0.2, 0) is 13.5 Å². The number of Topliss-reactive ketones (excluding diaryl/α,β-unsaturated/α-hetero) is 1. The van der Waals surface area contributed by atoms with E-state index in [9.17, 15) is 9.59 Å². The third-order valence-corrected chi connectivity index (χ3v) is 7.24. The Labute approximate surface area is 237 Å². The van der Waals surface area contributed by atoms with E-state index in [0.717, 1.165) is 35.4 Å². The number of H-pyrrole nitrogens is 1. The summed E-state index contributed by atoms with van der Waals surface area (Å²) in [6.07, 6.45) is 9.53. The highest BCUT2D eigenvalue weighted by molar-refractivity contribution is 6.00. The molecule has 5 heterocycles. The molecule has 0 unspecified atom stereocenters. The van der Waals surface area contributed by atoms with Gasteiger partial charge in [0.2, 0.25) is 0 Å². The Morgan fingerprint density at radius 1 is 1.12 bits per heavy atom. The zero-order valence-electron chi connectivity index (χ0n) is 23.7. The maximum atomic E-state index is 13.2. The van der Waals surface area contributed by atoms with Gasteiger partial charge in [-0.25, -0.2) is 4.98 Å². The van der Waals surface area contributed by atoms with Crippen molar-refractivity contribution >= 4 is 23.2 Å². The number of hydrogen-bond acceptors (Lipinski definition) is 8. The number of aromatic nitrogens is 8. The molecule has 5 rings (SSSR count). The van der Waals surface area contributed by atoms with E-state index in [1.165, 1.54) is 11.4 Å². The van der Waals surface area contributed by atoms with Gasteiger partial charge in [-0.05, 0) is 50.8 Å². The van der Waals surface area contributed by atoms with Gasteiger partial charge >= 0.3 is 0 Å². The monoisotopic (exact) mass is 554 g/mol. The lowest BCUT2D eigenvalue weighted by atomic mass is 10.00. The van der Waals surface area contributed by atoms with Crippen LogP contribution in [0.25, 0.3) is 28.2 Å². The third kappa shape index (κ3) is 5.45. The second kappa shape index (κ2) is 11.7. The zero-order valence-corrected chi connectivity index (χ0v) is 23.7. The highest BCUT2D eigenvalue weighted by Crippen LogP contribution is 2.29. The number of nitrogen functional groups attached to an aromatic ring is 1. The Bertz CT molecular complexity index is 1670. The number of rotatable bonds is 11. The van der Waals surface area contributed by atoms with Crippen LogP contribution in [0.2, 0.25) is 0 Å². The molecule has 0 saturated carbocycles. The fourth-order valence-corrected chi connectivity index (χ4v) is 5.19. The van der Waals surface area contributed by atoms with Crippen molar-refractivity contribution in [3.8, 4) is 22.5 Å². The number of fused-ring (bicyclic) bond motifs is 1. The number of anilines is 1. The van der Waals surface area contributed by atoms with Crippen LogP contribution in [0.15, 0.2) is 49.1 Å². The maximum Gasteiger partial charge on any atom is 0.272 e. The number of amides is 1. The van der Waals surface area contributed by atoms with Gasteiger partial charge in [-0.15, -0.1) is 0 Å². The van der Waals surface area contributed by atoms with Gasteiger partial charge in [0.05, 0.1) is 23.1 Å². The van der Waals surface area contributed by atoms with Crippen molar-refractivity contribution in [2.24, 2.45) is 7.05 Å². The van der Waals surface area contributed by atoms with Gasteiger partial charge in [-0.2, -0.15) is 19.8 Å². The number of aryl methyl sites for hydroxylation is 2. The Hall–Kier alpha value is -4.87. The van der Waals surface area contributed by atoms with Crippen LogP contribution in [-0.4, -0.2) is 68.7 Å². The minimum atomic E-state index is -0.183. The zero-order chi connectivity index (χ0) is 29.1. The van der Waals surface area contributed by atoms with Gasteiger partial charge < -0.3 is 10.6 Å². The highest BCUT2D eigenvalue weighted by atomic mass is 16.2. The van der Waals surface area contributed by atoms with Crippen LogP contribution in [0.4, 0.5) is 5.82 Å². The molecule has 212 valence electrons. The number of carbonyl (C=O) groups excluding carboxylic acids is 2. The Kier molecular flexibility index (Phi) is 7.90. The molecule has 12 heteroatoms. The first-order valence-electron chi connectivity index (χ1n) is 13.8. The van der Waals surface area contributed by atoms with Crippen molar-refractivity contribution < 1.29 is 9.59 Å². The second-order valence-electron chi connectivity index (χ2n) is 10.0. The van der Waals surface area contributed by atoms with E-state index in [-0.39, 0.29) is 23.6 Å². The summed E-state index contributed by atoms with van der Waals surface area (Å²) in [6, 6.07) is 7.38. The van der Waals surface area contributed by atoms with Gasteiger partial charge in [-0.3, -0.25) is 24.4 Å². The molecule has 0 aliphatic heterocycles. The maximum absolute atomic E-state index is 13.2. The quantitative estimate of drug-likeness (QED) is 0.233. The summed E-state index contributed by atoms with van der Waals surface area (Å²) in [6.45, 7) is 6.19.